The normalized spacial score (nSPS) is 20.5. The van der Waals surface area contributed by atoms with Crippen LogP contribution in [0.2, 0.25) is 0 Å². The molecule has 0 amide bonds. The standard InChI is InChI=1S/C10H12F2N2O2S/c11-7-1-2-9(12)10(5-7)14-17(15,16)8-3-4-13-6-8/h1-2,5,8,13-14H,3-4,6H2. The van der Waals surface area contributed by atoms with Crippen LogP contribution >= 0.6 is 0 Å². The van der Waals surface area contributed by atoms with Crippen molar-refractivity contribution in [3.63, 3.8) is 0 Å². The lowest BCUT2D eigenvalue weighted by Gasteiger charge is -2.13. The third-order valence-corrected chi connectivity index (χ3v) is 4.42. The van der Waals surface area contributed by atoms with Crippen molar-refractivity contribution in [1.82, 2.24) is 5.32 Å². The third-order valence-electron chi connectivity index (χ3n) is 2.63. The van der Waals surface area contributed by atoms with Crippen LogP contribution in [-0.2, 0) is 10.0 Å². The van der Waals surface area contributed by atoms with E-state index in [0.29, 0.717) is 19.5 Å². The van der Waals surface area contributed by atoms with E-state index in [1.807, 2.05) is 0 Å². The molecule has 4 nitrogen and oxygen atoms in total. The molecule has 17 heavy (non-hydrogen) atoms. The Labute approximate surface area is 98.1 Å². The molecule has 1 fully saturated rings. The van der Waals surface area contributed by atoms with Gasteiger partial charge in [-0.2, -0.15) is 0 Å². The summed E-state index contributed by atoms with van der Waals surface area (Å²) in [4.78, 5) is 0. The monoisotopic (exact) mass is 262 g/mol. The van der Waals surface area contributed by atoms with Crippen molar-refractivity contribution in [2.45, 2.75) is 11.7 Å². The molecular formula is C10H12F2N2O2S. The van der Waals surface area contributed by atoms with Gasteiger partial charge in [0.25, 0.3) is 0 Å². The molecule has 1 atom stereocenters. The zero-order chi connectivity index (χ0) is 12.5. The van der Waals surface area contributed by atoms with Crippen molar-refractivity contribution in [2.75, 3.05) is 17.8 Å². The minimum Gasteiger partial charge on any atom is -0.315 e. The SMILES string of the molecule is O=S(=O)(Nc1cc(F)ccc1F)C1CCNC1. The van der Waals surface area contributed by atoms with E-state index in [9.17, 15) is 17.2 Å². The molecule has 1 aromatic rings. The summed E-state index contributed by atoms with van der Waals surface area (Å²) in [5.41, 5.74) is -0.350. The van der Waals surface area contributed by atoms with Crippen LogP contribution in [-0.4, -0.2) is 26.8 Å². The molecule has 0 bridgehead atoms. The van der Waals surface area contributed by atoms with Crippen LogP contribution in [0.1, 0.15) is 6.42 Å². The Morgan fingerprint density at radius 3 is 2.76 bits per heavy atom. The predicted molar refractivity (Wildman–Crippen MR) is 60.2 cm³/mol. The van der Waals surface area contributed by atoms with Gasteiger partial charge < -0.3 is 5.32 Å². The van der Waals surface area contributed by atoms with Crippen molar-refractivity contribution in [3.8, 4) is 0 Å². The zero-order valence-electron chi connectivity index (χ0n) is 8.91. The van der Waals surface area contributed by atoms with Crippen LogP contribution in [0, 0.1) is 11.6 Å². The molecule has 0 radical (unpaired) electrons. The maximum atomic E-state index is 13.3. The van der Waals surface area contributed by atoms with Crippen LogP contribution < -0.4 is 10.0 Å². The highest BCUT2D eigenvalue weighted by Gasteiger charge is 2.29. The number of halogens is 2. The van der Waals surface area contributed by atoms with Gasteiger partial charge in [0.05, 0.1) is 10.9 Å². The minimum atomic E-state index is -3.67. The summed E-state index contributed by atoms with van der Waals surface area (Å²) < 4.78 is 51.9. The Kier molecular flexibility index (Phi) is 3.30. The van der Waals surface area contributed by atoms with Crippen molar-refractivity contribution < 1.29 is 17.2 Å². The van der Waals surface area contributed by atoms with Crippen LogP contribution in [0.4, 0.5) is 14.5 Å². The highest BCUT2D eigenvalue weighted by atomic mass is 32.2. The smallest absolute Gasteiger partial charge is 0.237 e. The molecule has 1 unspecified atom stereocenters. The molecule has 0 spiro atoms. The van der Waals surface area contributed by atoms with Gasteiger partial charge in [0.1, 0.15) is 11.6 Å². The fraction of sp³-hybridized carbons (Fsp3) is 0.400. The number of hydrogen-bond acceptors (Lipinski definition) is 3. The van der Waals surface area contributed by atoms with E-state index in [1.54, 1.807) is 0 Å². The number of hydrogen-bond donors (Lipinski definition) is 2. The first-order valence-electron chi connectivity index (χ1n) is 5.16. The van der Waals surface area contributed by atoms with Gasteiger partial charge in [-0.15, -0.1) is 0 Å². The Bertz CT molecular complexity index is 513. The molecule has 94 valence electrons. The molecule has 1 aliphatic rings. The van der Waals surface area contributed by atoms with Gasteiger partial charge in [0.2, 0.25) is 10.0 Å². The molecule has 2 N–H and O–H groups in total. The quantitative estimate of drug-likeness (QED) is 0.856. The first kappa shape index (κ1) is 12.3. The first-order chi connectivity index (χ1) is 7.99. The fourth-order valence-corrected chi connectivity index (χ4v) is 3.10. The van der Waals surface area contributed by atoms with E-state index in [1.165, 1.54) is 0 Å². The summed E-state index contributed by atoms with van der Waals surface area (Å²) in [6.45, 7) is 0.934. The van der Waals surface area contributed by atoms with E-state index in [-0.39, 0.29) is 5.69 Å². The number of sulfonamides is 1. The fourth-order valence-electron chi connectivity index (χ4n) is 1.71. The molecule has 1 aromatic carbocycles. The van der Waals surface area contributed by atoms with Gasteiger partial charge >= 0.3 is 0 Å². The first-order valence-corrected chi connectivity index (χ1v) is 6.71. The second-order valence-electron chi connectivity index (χ2n) is 3.89. The Balaban J connectivity index is 2.22. The van der Waals surface area contributed by atoms with Crippen LogP contribution in [0.3, 0.4) is 0 Å². The largest absolute Gasteiger partial charge is 0.315 e. The van der Waals surface area contributed by atoms with E-state index < -0.39 is 26.9 Å². The number of rotatable bonds is 3. The molecule has 0 aromatic heterocycles. The third kappa shape index (κ3) is 2.73. The average Bonchev–Trinajstić information content (AvgIpc) is 2.77. The maximum absolute atomic E-state index is 13.3. The molecule has 7 heteroatoms. The summed E-state index contributed by atoms with van der Waals surface area (Å²) in [5, 5.41) is 2.30. The van der Waals surface area contributed by atoms with E-state index in [0.717, 1.165) is 18.2 Å². The number of nitrogens with one attached hydrogen (secondary N) is 2. The van der Waals surface area contributed by atoms with Crippen molar-refractivity contribution in [1.29, 1.82) is 0 Å². The zero-order valence-corrected chi connectivity index (χ0v) is 9.73. The second kappa shape index (κ2) is 4.58. The van der Waals surface area contributed by atoms with Crippen LogP contribution in [0.5, 0.6) is 0 Å². The van der Waals surface area contributed by atoms with E-state index >= 15 is 0 Å². The number of anilines is 1. The highest BCUT2D eigenvalue weighted by molar-refractivity contribution is 7.93. The Morgan fingerprint density at radius 2 is 2.12 bits per heavy atom. The van der Waals surface area contributed by atoms with E-state index in [4.69, 9.17) is 0 Å². The Hall–Kier alpha value is -1.21. The van der Waals surface area contributed by atoms with Gasteiger partial charge in [-0.05, 0) is 25.1 Å². The molecule has 1 aliphatic heterocycles. The van der Waals surface area contributed by atoms with Crippen LogP contribution in [0.25, 0.3) is 0 Å². The minimum absolute atomic E-state index is 0.326. The topological polar surface area (TPSA) is 58.2 Å². The Morgan fingerprint density at radius 1 is 1.35 bits per heavy atom. The maximum Gasteiger partial charge on any atom is 0.237 e. The summed E-state index contributed by atoms with van der Waals surface area (Å²) in [6.07, 6.45) is 0.465. The molecular weight excluding hydrogens is 250 g/mol. The second-order valence-corrected chi connectivity index (χ2v) is 5.85. The molecule has 2 rings (SSSR count). The van der Waals surface area contributed by atoms with Crippen LogP contribution in [0.15, 0.2) is 18.2 Å². The van der Waals surface area contributed by atoms with Crippen molar-refractivity contribution >= 4 is 15.7 Å². The van der Waals surface area contributed by atoms with Crippen molar-refractivity contribution in [3.05, 3.63) is 29.8 Å². The lowest BCUT2D eigenvalue weighted by molar-refractivity contribution is 0.584. The molecule has 0 saturated carbocycles. The summed E-state index contributed by atoms with van der Waals surface area (Å²) >= 11 is 0. The molecule has 1 saturated heterocycles. The predicted octanol–water partition coefficient (Wildman–Crippen LogP) is 1.07. The van der Waals surface area contributed by atoms with Crippen molar-refractivity contribution in [2.24, 2.45) is 0 Å². The lowest BCUT2D eigenvalue weighted by atomic mass is 10.3. The highest BCUT2D eigenvalue weighted by Crippen LogP contribution is 2.19. The molecule has 1 heterocycles. The van der Waals surface area contributed by atoms with Gasteiger partial charge in [-0.25, -0.2) is 17.2 Å². The lowest BCUT2D eigenvalue weighted by Crippen LogP contribution is -2.30. The number of benzene rings is 1. The van der Waals surface area contributed by atoms with Gasteiger partial charge in [0, 0.05) is 12.6 Å². The van der Waals surface area contributed by atoms with Gasteiger partial charge in [-0.1, -0.05) is 0 Å². The summed E-state index contributed by atoms with van der Waals surface area (Å²) in [6, 6.07) is 2.65. The summed E-state index contributed by atoms with van der Waals surface area (Å²) in [7, 11) is -3.67. The van der Waals surface area contributed by atoms with Gasteiger partial charge in [-0.3, -0.25) is 4.72 Å². The van der Waals surface area contributed by atoms with E-state index in [2.05, 4.69) is 10.0 Å². The molecule has 0 aliphatic carbocycles. The summed E-state index contributed by atoms with van der Waals surface area (Å²) in [5.74, 6) is -1.48. The average molecular weight is 262 g/mol. The van der Waals surface area contributed by atoms with Gasteiger partial charge in [0.15, 0.2) is 0 Å².